The van der Waals surface area contributed by atoms with Gasteiger partial charge in [0, 0.05) is 41.9 Å². The number of nitrogens with one attached hydrogen (secondary N) is 1. The third-order valence-corrected chi connectivity index (χ3v) is 3.41. The number of benzene rings is 1. The monoisotopic (exact) mass is 284 g/mol. The molecule has 3 rings (SSSR count). The normalized spacial score (nSPS) is 14.0. The second-order valence-corrected chi connectivity index (χ2v) is 5.11. The van der Waals surface area contributed by atoms with Crippen molar-refractivity contribution >= 4 is 11.5 Å². The van der Waals surface area contributed by atoms with Crippen molar-refractivity contribution in [1.29, 1.82) is 0 Å². The van der Waals surface area contributed by atoms with Gasteiger partial charge >= 0.3 is 0 Å². The van der Waals surface area contributed by atoms with Crippen LogP contribution in [0.25, 0.3) is 11.4 Å². The fourth-order valence-corrected chi connectivity index (χ4v) is 2.21. The summed E-state index contributed by atoms with van der Waals surface area (Å²) in [7, 11) is 0. The Bertz CT molecular complexity index is 683. The van der Waals surface area contributed by atoms with Gasteiger partial charge in [0.2, 0.25) is 0 Å². The van der Waals surface area contributed by atoms with E-state index < -0.39 is 4.92 Å². The summed E-state index contributed by atoms with van der Waals surface area (Å²) in [6.45, 7) is 2.78. The van der Waals surface area contributed by atoms with Gasteiger partial charge in [0.25, 0.3) is 5.69 Å². The summed E-state index contributed by atoms with van der Waals surface area (Å²) in [6, 6.07) is 8.42. The number of nitrogens with zero attached hydrogens (tertiary/aromatic N) is 3. The van der Waals surface area contributed by atoms with Gasteiger partial charge < -0.3 is 5.32 Å². The maximum Gasteiger partial charge on any atom is 0.270 e. The molecule has 0 aliphatic heterocycles. The highest BCUT2D eigenvalue weighted by Crippen LogP contribution is 2.40. The molecule has 0 atom stereocenters. The molecule has 1 aliphatic rings. The van der Waals surface area contributed by atoms with Gasteiger partial charge in [-0.15, -0.1) is 0 Å². The molecule has 1 aromatic carbocycles. The van der Waals surface area contributed by atoms with E-state index in [9.17, 15) is 10.1 Å². The van der Waals surface area contributed by atoms with Crippen LogP contribution >= 0.6 is 0 Å². The van der Waals surface area contributed by atoms with Crippen LogP contribution in [0.4, 0.5) is 11.5 Å². The Balaban J connectivity index is 2.03. The van der Waals surface area contributed by atoms with E-state index in [4.69, 9.17) is 0 Å². The van der Waals surface area contributed by atoms with Crippen molar-refractivity contribution in [2.45, 2.75) is 25.7 Å². The van der Waals surface area contributed by atoms with E-state index in [0.717, 1.165) is 30.9 Å². The number of hydrogen-bond donors (Lipinski definition) is 1. The lowest BCUT2D eigenvalue weighted by Crippen LogP contribution is -2.03. The molecule has 21 heavy (non-hydrogen) atoms. The quantitative estimate of drug-likeness (QED) is 0.672. The van der Waals surface area contributed by atoms with Crippen LogP contribution < -0.4 is 5.32 Å². The molecule has 0 bridgehead atoms. The zero-order valence-corrected chi connectivity index (χ0v) is 11.7. The molecule has 0 amide bonds. The fourth-order valence-electron chi connectivity index (χ4n) is 2.21. The first-order chi connectivity index (χ1) is 10.2. The van der Waals surface area contributed by atoms with Crippen molar-refractivity contribution in [2.75, 3.05) is 11.9 Å². The largest absolute Gasteiger partial charge is 0.370 e. The van der Waals surface area contributed by atoms with Crippen LogP contribution in [-0.4, -0.2) is 21.4 Å². The summed E-state index contributed by atoms with van der Waals surface area (Å²) >= 11 is 0. The number of nitro groups is 1. The van der Waals surface area contributed by atoms with Gasteiger partial charge in [-0.2, -0.15) is 0 Å². The second-order valence-electron chi connectivity index (χ2n) is 5.11. The van der Waals surface area contributed by atoms with Crippen LogP contribution in [0, 0.1) is 10.1 Å². The lowest BCUT2D eigenvalue weighted by Gasteiger charge is -2.08. The van der Waals surface area contributed by atoms with Crippen LogP contribution in [0.15, 0.2) is 30.3 Å². The smallest absolute Gasteiger partial charge is 0.270 e. The Morgan fingerprint density at radius 2 is 2.14 bits per heavy atom. The molecule has 1 saturated carbocycles. The van der Waals surface area contributed by atoms with Crippen LogP contribution in [0.1, 0.15) is 31.4 Å². The van der Waals surface area contributed by atoms with Crippen molar-refractivity contribution in [3.05, 3.63) is 46.1 Å². The second kappa shape index (κ2) is 5.47. The van der Waals surface area contributed by atoms with Gasteiger partial charge in [0.15, 0.2) is 5.82 Å². The number of non-ortho nitro benzene ring substituents is 1. The molecule has 6 nitrogen and oxygen atoms in total. The maximum atomic E-state index is 10.9. The standard InChI is InChI=1S/C15H16N4O2/c1-2-16-14-9-13(10-6-7-10)17-15(18-14)11-4-3-5-12(8-11)19(20)21/h3-5,8-10H,2,6-7H2,1H3,(H,16,17,18). The van der Waals surface area contributed by atoms with E-state index >= 15 is 0 Å². The summed E-state index contributed by atoms with van der Waals surface area (Å²) in [5.74, 6) is 1.82. The average molecular weight is 284 g/mol. The maximum absolute atomic E-state index is 10.9. The molecule has 1 aliphatic carbocycles. The topological polar surface area (TPSA) is 81.0 Å². The Hall–Kier alpha value is -2.50. The molecule has 0 radical (unpaired) electrons. The number of rotatable bonds is 5. The van der Waals surface area contributed by atoms with Crippen molar-refractivity contribution < 1.29 is 4.92 Å². The Labute approximate surface area is 122 Å². The van der Waals surface area contributed by atoms with Gasteiger partial charge in [-0.05, 0) is 19.8 Å². The first-order valence-electron chi connectivity index (χ1n) is 7.05. The minimum absolute atomic E-state index is 0.0536. The first kappa shape index (κ1) is 13.5. The lowest BCUT2D eigenvalue weighted by molar-refractivity contribution is -0.384. The molecule has 0 spiro atoms. The Kier molecular flexibility index (Phi) is 3.51. The number of hydrogen-bond acceptors (Lipinski definition) is 5. The van der Waals surface area contributed by atoms with Crippen LogP contribution in [0.3, 0.4) is 0 Å². The molecule has 1 aromatic heterocycles. The molecule has 1 N–H and O–H groups in total. The zero-order valence-electron chi connectivity index (χ0n) is 11.7. The SMILES string of the molecule is CCNc1cc(C2CC2)nc(-c2cccc([N+](=O)[O-])c2)n1. The molecule has 0 unspecified atom stereocenters. The zero-order chi connectivity index (χ0) is 14.8. The summed E-state index contributed by atoms with van der Waals surface area (Å²) in [6.07, 6.45) is 2.30. The first-order valence-corrected chi connectivity index (χ1v) is 7.05. The number of aromatic nitrogens is 2. The summed E-state index contributed by atoms with van der Waals surface area (Å²) in [5, 5.41) is 14.1. The van der Waals surface area contributed by atoms with E-state index in [2.05, 4.69) is 15.3 Å². The van der Waals surface area contributed by atoms with Crippen LogP contribution in [0.2, 0.25) is 0 Å². The van der Waals surface area contributed by atoms with Gasteiger partial charge in [0.05, 0.1) is 4.92 Å². The average Bonchev–Trinajstić information content (AvgIpc) is 3.32. The molecular formula is C15H16N4O2. The summed E-state index contributed by atoms with van der Waals surface area (Å²) in [4.78, 5) is 19.5. The van der Waals surface area contributed by atoms with Crippen molar-refractivity contribution in [3.8, 4) is 11.4 Å². The van der Waals surface area contributed by atoms with Crippen molar-refractivity contribution in [3.63, 3.8) is 0 Å². The van der Waals surface area contributed by atoms with E-state index in [1.807, 2.05) is 13.0 Å². The van der Waals surface area contributed by atoms with E-state index in [1.165, 1.54) is 12.1 Å². The minimum atomic E-state index is -0.403. The molecule has 1 fully saturated rings. The molecule has 2 aromatic rings. The molecule has 108 valence electrons. The number of nitro benzene ring substituents is 1. The van der Waals surface area contributed by atoms with E-state index in [1.54, 1.807) is 12.1 Å². The highest BCUT2D eigenvalue weighted by molar-refractivity contribution is 5.61. The minimum Gasteiger partial charge on any atom is -0.370 e. The van der Waals surface area contributed by atoms with Crippen LogP contribution in [-0.2, 0) is 0 Å². The molecule has 6 heteroatoms. The van der Waals surface area contributed by atoms with Crippen molar-refractivity contribution in [2.24, 2.45) is 0 Å². The molecule has 0 saturated heterocycles. The lowest BCUT2D eigenvalue weighted by atomic mass is 10.1. The predicted molar refractivity (Wildman–Crippen MR) is 80.3 cm³/mol. The molecule has 1 heterocycles. The molecular weight excluding hydrogens is 268 g/mol. The highest BCUT2D eigenvalue weighted by atomic mass is 16.6. The van der Waals surface area contributed by atoms with Crippen molar-refractivity contribution in [1.82, 2.24) is 9.97 Å². The van der Waals surface area contributed by atoms with Crippen LogP contribution in [0.5, 0.6) is 0 Å². The fraction of sp³-hybridized carbons (Fsp3) is 0.333. The van der Waals surface area contributed by atoms with E-state index in [-0.39, 0.29) is 5.69 Å². The Morgan fingerprint density at radius 3 is 2.81 bits per heavy atom. The van der Waals surface area contributed by atoms with E-state index in [0.29, 0.717) is 17.3 Å². The Morgan fingerprint density at radius 1 is 1.33 bits per heavy atom. The number of anilines is 1. The summed E-state index contributed by atoms with van der Waals surface area (Å²) in [5.41, 5.74) is 1.74. The van der Waals surface area contributed by atoms with Gasteiger partial charge in [0.1, 0.15) is 5.82 Å². The third kappa shape index (κ3) is 2.99. The van der Waals surface area contributed by atoms with Gasteiger partial charge in [-0.1, -0.05) is 12.1 Å². The summed E-state index contributed by atoms with van der Waals surface area (Å²) < 4.78 is 0. The third-order valence-electron chi connectivity index (χ3n) is 3.41. The predicted octanol–water partition coefficient (Wildman–Crippen LogP) is 3.36. The highest BCUT2D eigenvalue weighted by Gasteiger charge is 2.26. The van der Waals surface area contributed by atoms with Gasteiger partial charge in [-0.3, -0.25) is 10.1 Å². The van der Waals surface area contributed by atoms with Gasteiger partial charge in [-0.25, -0.2) is 9.97 Å².